The maximum atomic E-state index is 12.5. The van der Waals surface area contributed by atoms with E-state index in [1.54, 1.807) is 0 Å². The third kappa shape index (κ3) is 7.51. The minimum Gasteiger partial charge on any atom is -0.395 e. The zero-order valence-electron chi connectivity index (χ0n) is 23.2. The molecule has 2 aliphatic heterocycles. The fourth-order valence-corrected chi connectivity index (χ4v) is 5.95. The number of amides is 1. The SMILES string of the molecule is CNC1C(O)C(OC2C(NC(=O)C(O)CN)CC(N)C(C3OC(CNCCO)C(O)C(O)C3O)C2O)OCC1(C)O. The number of hydrogen-bond donors (Lipinski definition) is 13. The molecule has 15 unspecified atom stereocenters. The summed E-state index contributed by atoms with van der Waals surface area (Å²) in [4.78, 5) is 12.5. The summed E-state index contributed by atoms with van der Waals surface area (Å²) in [6.45, 7) is 0.835. The number of ether oxygens (including phenoxy) is 3. The fraction of sp³-hybridized carbons (Fsp3) is 0.958. The molecule has 17 nitrogen and oxygen atoms in total. The third-order valence-electron chi connectivity index (χ3n) is 8.20. The minimum atomic E-state index is -1.67. The Balaban J connectivity index is 1.89. The first-order chi connectivity index (χ1) is 19.3. The Hall–Kier alpha value is -1.13. The van der Waals surface area contributed by atoms with Crippen molar-refractivity contribution in [3.05, 3.63) is 0 Å². The number of carbonyl (C=O) groups excluding carboxylic acids is 1. The van der Waals surface area contributed by atoms with Crippen LogP contribution in [0.4, 0.5) is 0 Å². The van der Waals surface area contributed by atoms with Gasteiger partial charge in [-0.05, 0) is 20.4 Å². The Bertz CT molecular complexity index is 845. The highest BCUT2D eigenvalue weighted by Crippen LogP contribution is 2.37. The van der Waals surface area contributed by atoms with Crippen LogP contribution in [-0.2, 0) is 19.0 Å². The van der Waals surface area contributed by atoms with E-state index in [1.165, 1.54) is 14.0 Å². The number of nitrogens with one attached hydrogen (secondary N) is 3. The van der Waals surface area contributed by atoms with Crippen LogP contribution in [0.15, 0.2) is 0 Å². The Morgan fingerprint density at radius 3 is 2.41 bits per heavy atom. The molecule has 0 radical (unpaired) electrons. The van der Waals surface area contributed by atoms with Crippen molar-refractivity contribution in [2.24, 2.45) is 17.4 Å². The molecule has 1 amide bonds. The molecule has 41 heavy (non-hydrogen) atoms. The lowest BCUT2D eigenvalue weighted by molar-refractivity contribution is -0.303. The molecule has 17 heteroatoms. The Morgan fingerprint density at radius 1 is 1.12 bits per heavy atom. The van der Waals surface area contributed by atoms with E-state index in [1.807, 2.05) is 0 Å². The monoisotopic (exact) mass is 597 g/mol. The van der Waals surface area contributed by atoms with Crippen LogP contribution in [0.1, 0.15) is 13.3 Å². The van der Waals surface area contributed by atoms with Gasteiger partial charge in [-0.25, -0.2) is 0 Å². The average molecular weight is 598 g/mol. The molecule has 0 aromatic carbocycles. The highest BCUT2D eigenvalue weighted by molar-refractivity contribution is 5.81. The average Bonchev–Trinajstić information content (AvgIpc) is 2.92. The van der Waals surface area contributed by atoms with Crippen LogP contribution in [0.2, 0.25) is 0 Å². The summed E-state index contributed by atoms with van der Waals surface area (Å²) in [5.74, 6) is -1.97. The second kappa shape index (κ2) is 14.6. The van der Waals surface area contributed by atoms with Crippen LogP contribution in [0.25, 0.3) is 0 Å². The lowest BCUT2D eigenvalue weighted by Crippen LogP contribution is -2.71. The standard InChI is InChI=1S/C24H47N5O12/c1-24(38)8-39-23(18(36)21(24)27-2)41-19-10(29-22(37)11(31)6-25)5-9(26)13(15(19)33)20-17(35)16(34)14(32)12(40-20)7-28-3-4-30/h9-21,23,27-28,30-36,38H,3-8,25-26H2,1-2H3,(H,29,37). The van der Waals surface area contributed by atoms with Crippen molar-refractivity contribution in [3.8, 4) is 0 Å². The van der Waals surface area contributed by atoms with Crippen molar-refractivity contribution in [1.82, 2.24) is 16.0 Å². The number of rotatable bonds is 11. The summed E-state index contributed by atoms with van der Waals surface area (Å²) >= 11 is 0. The van der Waals surface area contributed by atoms with Crippen molar-refractivity contribution in [2.75, 3.05) is 39.9 Å². The van der Waals surface area contributed by atoms with Crippen LogP contribution < -0.4 is 27.4 Å². The molecule has 3 fully saturated rings. The maximum Gasteiger partial charge on any atom is 0.250 e. The van der Waals surface area contributed by atoms with Crippen LogP contribution in [-0.4, -0.2) is 172 Å². The van der Waals surface area contributed by atoms with E-state index >= 15 is 0 Å². The van der Waals surface area contributed by atoms with Crippen molar-refractivity contribution in [3.63, 3.8) is 0 Å². The van der Waals surface area contributed by atoms with Gasteiger partial charge in [0, 0.05) is 31.6 Å². The fourth-order valence-electron chi connectivity index (χ4n) is 5.95. The topological polar surface area (TPSA) is 295 Å². The van der Waals surface area contributed by atoms with Crippen LogP contribution in [0, 0.1) is 5.92 Å². The van der Waals surface area contributed by atoms with Gasteiger partial charge in [-0.2, -0.15) is 0 Å². The molecule has 0 aromatic rings. The number of nitrogens with two attached hydrogens (primary N) is 2. The summed E-state index contributed by atoms with van der Waals surface area (Å²) < 4.78 is 17.5. The molecular formula is C24H47N5O12. The number of aliphatic hydroxyl groups excluding tert-OH is 7. The zero-order valence-corrected chi connectivity index (χ0v) is 23.2. The molecule has 3 aliphatic rings. The third-order valence-corrected chi connectivity index (χ3v) is 8.20. The van der Waals surface area contributed by atoms with Crippen molar-refractivity contribution in [1.29, 1.82) is 0 Å². The van der Waals surface area contributed by atoms with E-state index in [-0.39, 0.29) is 39.3 Å². The second-order valence-electron chi connectivity index (χ2n) is 11.3. The lowest BCUT2D eigenvalue weighted by Gasteiger charge is -2.52. The van der Waals surface area contributed by atoms with Gasteiger partial charge in [0.15, 0.2) is 6.29 Å². The van der Waals surface area contributed by atoms with E-state index < -0.39 is 96.8 Å². The van der Waals surface area contributed by atoms with Crippen LogP contribution in [0.3, 0.4) is 0 Å². The molecule has 2 saturated heterocycles. The molecule has 0 spiro atoms. The minimum absolute atomic E-state index is 0.00306. The van der Waals surface area contributed by atoms with E-state index in [0.717, 1.165) is 0 Å². The van der Waals surface area contributed by atoms with E-state index in [0.29, 0.717) is 0 Å². The first kappa shape index (κ1) is 34.4. The van der Waals surface area contributed by atoms with E-state index in [9.17, 15) is 40.5 Å². The van der Waals surface area contributed by atoms with Gasteiger partial charge < -0.3 is 82.5 Å². The Labute approximate surface area is 237 Å². The van der Waals surface area contributed by atoms with Crippen LogP contribution in [0.5, 0.6) is 0 Å². The molecule has 240 valence electrons. The number of likely N-dealkylation sites (N-methyl/N-ethyl adjacent to an activating group) is 1. The lowest BCUT2D eigenvalue weighted by atomic mass is 9.72. The highest BCUT2D eigenvalue weighted by atomic mass is 16.7. The van der Waals surface area contributed by atoms with Gasteiger partial charge in [0.05, 0.1) is 43.6 Å². The largest absolute Gasteiger partial charge is 0.395 e. The molecule has 1 aliphatic carbocycles. The van der Waals surface area contributed by atoms with Gasteiger partial charge in [0.25, 0.3) is 0 Å². The van der Waals surface area contributed by atoms with Crippen LogP contribution >= 0.6 is 0 Å². The molecule has 15 N–H and O–H groups in total. The zero-order chi connectivity index (χ0) is 30.6. The van der Waals surface area contributed by atoms with Gasteiger partial charge in [-0.1, -0.05) is 0 Å². The highest BCUT2D eigenvalue weighted by Gasteiger charge is 2.56. The summed E-state index contributed by atoms with van der Waals surface area (Å²) in [5.41, 5.74) is 10.4. The quantitative estimate of drug-likeness (QED) is 0.0984. The predicted octanol–water partition coefficient (Wildman–Crippen LogP) is -7.63. The van der Waals surface area contributed by atoms with Gasteiger partial charge in [0.2, 0.25) is 5.91 Å². The summed E-state index contributed by atoms with van der Waals surface area (Å²) in [5, 5.41) is 92.2. The van der Waals surface area contributed by atoms with Crippen molar-refractivity contribution in [2.45, 2.75) is 98.3 Å². The first-order valence-corrected chi connectivity index (χ1v) is 13.8. The predicted molar refractivity (Wildman–Crippen MR) is 140 cm³/mol. The summed E-state index contributed by atoms with van der Waals surface area (Å²) in [6, 6.07) is -2.88. The van der Waals surface area contributed by atoms with Gasteiger partial charge in [0.1, 0.15) is 42.2 Å². The summed E-state index contributed by atoms with van der Waals surface area (Å²) in [7, 11) is 1.53. The molecule has 15 atom stereocenters. The van der Waals surface area contributed by atoms with E-state index in [2.05, 4.69) is 16.0 Å². The van der Waals surface area contributed by atoms with Gasteiger partial charge in [-0.3, -0.25) is 4.79 Å². The normalized spacial score (nSPS) is 46.2. The van der Waals surface area contributed by atoms with Gasteiger partial charge in [-0.15, -0.1) is 0 Å². The number of carbonyl (C=O) groups is 1. The Morgan fingerprint density at radius 2 is 1.80 bits per heavy atom. The van der Waals surface area contributed by atoms with Crippen molar-refractivity contribution < 1.29 is 59.9 Å². The number of hydrogen-bond acceptors (Lipinski definition) is 16. The summed E-state index contributed by atoms with van der Waals surface area (Å²) in [6.07, 6.45) is -14.5. The second-order valence-corrected chi connectivity index (χ2v) is 11.3. The number of aliphatic hydroxyl groups is 8. The molecular weight excluding hydrogens is 550 g/mol. The van der Waals surface area contributed by atoms with Crippen molar-refractivity contribution >= 4 is 5.91 Å². The molecule has 0 aromatic heterocycles. The smallest absolute Gasteiger partial charge is 0.250 e. The Kier molecular flexibility index (Phi) is 12.2. The first-order valence-electron chi connectivity index (χ1n) is 13.8. The molecule has 1 saturated carbocycles. The molecule has 2 heterocycles. The van der Waals surface area contributed by atoms with E-state index in [4.69, 9.17) is 30.8 Å². The molecule has 3 rings (SSSR count). The maximum absolute atomic E-state index is 12.5. The van der Waals surface area contributed by atoms with Gasteiger partial charge >= 0.3 is 0 Å². The molecule has 0 bridgehead atoms.